The van der Waals surface area contributed by atoms with Gasteiger partial charge in [-0.3, -0.25) is 19.6 Å². The fourth-order valence-corrected chi connectivity index (χ4v) is 2.58. The molecule has 1 aliphatic heterocycles. The summed E-state index contributed by atoms with van der Waals surface area (Å²) in [4.78, 5) is 25.9. The predicted octanol–water partition coefficient (Wildman–Crippen LogP) is 0.579. The molecule has 0 saturated carbocycles. The maximum absolute atomic E-state index is 12.4. The Labute approximate surface area is 129 Å². The highest BCUT2D eigenvalue weighted by Crippen LogP contribution is 2.14. The van der Waals surface area contributed by atoms with Gasteiger partial charge in [0.25, 0.3) is 5.56 Å². The second-order valence-corrected chi connectivity index (χ2v) is 5.28. The Hall–Kier alpha value is -2.34. The van der Waals surface area contributed by atoms with Crippen LogP contribution >= 0.6 is 0 Å². The van der Waals surface area contributed by atoms with Crippen molar-refractivity contribution in [1.29, 1.82) is 0 Å². The normalized spacial score (nSPS) is 15.2. The first kappa shape index (κ1) is 16.0. The Morgan fingerprint density at radius 2 is 2.18 bits per heavy atom. The minimum absolute atomic E-state index is 0.00593. The number of aromatic nitrogens is 2. The summed E-state index contributed by atoms with van der Waals surface area (Å²) in [6, 6.07) is 0. The average molecular weight is 302 g/mol. The molecule has 0 bridgehead atoms. The van der Waals surface area contributed by atoms with E-state index in [0.717, 1.165) is 16.8 Å². The van der Waals surface area contributed by atoms with Crippen LogP contribution in [0.25, 0.3) is 0 Å². The number of aromatic amines is 1. The number of rotatable bonds is 6. The van der Waals surface area contributed by atoms with Crippen LogP contribution in [0.3, 0.4) is 0 Å². The molecule has 0 aliphatic carbocycles. The van der Waals surface area contributed by atoms with E-state index in [1.165, 1.54) is 0 Å². The minimum atomic E-state index is -0.0203. The van der Waals surface area contributed by atoms with Crippen molar-refractivity contribution < 1.29 is 4.79 Å². The number of carbonyl (C=O) groups excluding carboxylic acids is 1. The molecule has 1 amide bonds. The number of carbonyl (C=O) groups is 1. The van der Waals surface area contributed by atoms with Crippen molar-refractivity contribution in [2.24, 2.45) is 0 Å². The number of likely N-dealkylation sites (N-methyl/N-ethyl adjacent to an activating group) is 1. The van der Waals surface area contributed by atoms with Gasteiger partial charge in [-0.1, -0.05) is 31.4 Å². The standard InChI is InChI=1S/C16H22N4O2/c1-4-6-12(5-2)9-20-16(22)13-7-8-19(10-14(13)18-20)11-15(21)17-3/h4-6,18H,1-2,7-11H2,3H3,(H,17,21)/b12-6+. The van der Waals surface area contributed by atoms with Gasteiger partial charge in [0.2, 0.25) is 5.91 Å². The third-order valence-corrected chi connectivity index (χ3v) is 3.78. The molecule has 2 rings (SSSR count). The molecule has 0 aromatic carbocycles. The van der Waals surface area contributed by atoms with Gasteiger partial charge in [0.15, 0.2) is 0 Å². The molecule has 0 radical (unpaired) electrons. The van der Waals surface area contributed by atoms with Crippen LogP contribution in [-0.4, -0.2) is 40.7 Å². The van der Waals surface area contributed by atoms with E-state index in [2.05, 4.69) is 23.6 Å². The maximum Gasteiger partial charge on any atom is 0.270 e. The van der Waals surface area contributed by atoms with E-state index >= 15 is 0 Å². The maximum atomic E-state index is 12.4. The van der Waals surface area contributed by atoms with Crippen molar-refractivity contribution in [2.45, 2.75) is 19.5 Å². The molecule has 0 spiro atoms. The number of nitrogens with one attached hydrogen (secondary N) is 2. The van der Waals surface area contributed by atoms with E-state index < -0.39 is 0 Å². The Morgan fingerprint density at radius 3 is 2.82 bits per heavy atom. The number of allylic oxidation sites excluding steroid dienone is 4. The van der Waals surface area contributed by atoms with E-state index in [-0.39, 0.29) is 11.5 Å². The molecule has 2 N–H and O–H groups in total. The lowest BCUT2D eigenvalue weighted by molar-refractivity contribution is -0.121. The highest BCUT2D eigenvalue weighted by Gasteiger charge is 2.23. The van der Waals surface area contributed by atoms with Crippen molar-refractivity contribution in [3.63, 3.8) is 0 Å². The molecule has 1 aliphatic rings. The van der Waals surface area contributed by atoms with Gasteiger partial charge in [-0.15, -0.1) is 0 Å². The van der Waals surface area contributed by atoms with Gasteiger partial charge in [0, 0.05) is 25.7 Å². The van der Waals surface area contributed by atoms with Crippen LogP contribution in [0.1, 0.15) is 11.3 Å². The van der Waals surface area contributed by atoms with E-state index in [1.807, 2.05) is 11.0 Å². The Kier molecular flexibility index (Phi) is 5.16. The summed E-state index contributed by atoms with van der Waals surface area (Å²) < 4.78 is 1.59. The molecule has 0 unspecified atom stereocenters. The summed E-state index contributed by atoms with van der Waals surface area (Å²) >= 11 is 0. The monoisotopic (exact) mass is 302 g/mol. The third kappa shape index (κ3) is 3.46. The van der Waals surface area contributed by atoms with E-state index in [1.54, 1.807) is 23.9 Å². The zero-order chi connectivity index (χ0) is 16.1. The third-order valence-electron chi connectivity index (χ3n) is 3.78. The smallest absolute Gasteiger partial charge is 0.270 e. The van der Waals surface area contributed by atoms with Crippen LogP contribution < -0.4 is 10.9 Å². The first-order valence-corrected chi connectivity index (χ1v) is 7.26. The van der Waals surface area contributed by atoms with Crippen LogP contribution in [0.2, 0.25) is 0 Å². The molecule has 1 aromatic heterocycles. The molecule has 0 atom stereocenters. The van der Waals surface area contributed by atoms with Gasteiger partial charge in [0.05, 0.1) is 18.8 Å². The van der Waals surface area contributed by atoms with Gasteiger partial charge in [-0.25, -0.2) is 4.68 Å². The van der Waals surface area contributed by atoms with E-state index in [9.17, 15) is 9.59 Å². The average Bonchev–Trinajstić information content (AvgIpc) is 2.82. The summed E-state index contributed by atoms with van der Waals surface area (Å²) in [5.41, 5.74) is 2.63. The summed E-state index contributed by atoms with van der Waals surface area (Å²) in [6.07, 6.45) is 5.88. The van der Waals surface area contributed by atoms with Gasteiger partial charge in [0.1, 0.15) is 0 Å². The Morgan fingerprint density at radius 1 is 1.41 bits per heavy atom. The van der Waals surface area contributed by atoms with Gasteiger partial charge in [-0.2, -0.15) is 0 Å². The van der Waals surface area contributed by atoms with Gasteiger partial charge in [-0.05, 0) is 12.0 Å². The van der Waals surface area contributed by atoms with E-state index in [0.29, 0.717) is 32.6 Å². The number of amides is 1. The van der Waals surface area contributed by atoms with E-state index in [4.69, 9.17) is 0 Å². The lowest BCUT2D eigenvalue weighted by Gasteiger charge is -2.24. The molecule has 118 valence electrons. The number of fused-ring (bicyclic) bond motifs is 1. The largest absolute Gasteiger partial charge is 0.358 e. The molecule has 0 fully saturated rings. The summed E-state index contributed by atoms with van der Waals surface area (Å²) in [6.45, 7) is 9.48. The molecule has 0 saturated heterocycles. The SMILES string of the molecule is C=C/C=C(\C=C)Cn1[nH]c2c(c1=O)CCN(CC(=O)NC)C2. The molecule has 22 heavy (non-hydrogen) atoms. The molecule has 2 heterocycles. The fraction of sp³-hybridized carbons (Fsp3) is 0.375. The summed E-state index contributed by atoms with van der Waals surface area (Å²) in [5.74, 6) is -0.0203. The van der Waals surface area contributed by atoms with Crippen LogP contribution in [0.4, 0.5) is 0 Å². The lowest BCUT2D eigenvalue weighted by atomic mass is 10.1. The lowest BCUT2D eigenvalue weighted by Crippen LogP contribution is -2.39. The van der Waals surface area contributed by atoms with Crippen LogP contribution in [0, 0.1) is 0 Å². The summed E-state index contributed by atoms with van der Waals surface area (Å²) in [5, 5.41) is 5.77. The molecular weight excluding hydrogens is 280 g/mol. The van der Waals surface area contributed by atoms with Crippen molar-refractivity contribution in [3.05, 3.63) is 58.6 Å². The zero-order valence-corrected chi connectivity index (χ0v) is 12.9. The number of nitrogens with zero attached hydrogens (tertiary/aromatic N) is 2. The van der Waals surface area contributed by atoms with Gasteiger partial charge < -0.3 is 5.32 Å². The number of hydrogen-bond acceptors (Lipinski definition) is 3. The van der Waals surface area contributed by atoms with Crippen molar-refractivity contribution in [2.75, 3.05) is 20.1 Å². The number of hydrogen-bond donors (Lipinski definition) is 2. The molecule has 6 heteroatoms. The molecular formula is C16H22N4O2. The summed E-state index contributed by atoms with van der Waals surface area (Å²) in [7, 11) is 1.62. The molecule has 6 nitrogen and oxygen atoms in total. The highest BCUT2D eigenvalue weighted by molar-refractivity contribution is 5.77. The zero-order valence-electron chi connectivity index (χ0n) is 12.9. The van der Waals surface area contributed by atoms with Crippen LogP contribution in [0.15, 0.2) is 41.8 Å². The minimum Gasteiger partial charge on any atom is -0.358 e. The second-order valence-electron chi connectivity index (χ2n) is 5.28. The fourth-order valence-electron chi connectivity index (χ4n) is 2.58. The van der Waals surface area contributed by atoms with Gasteiger partial charge >= 0.3 is 0 Å². The topological polar surface area (TPSA) is 70.1 Å². The van der Waals surface area contributed by atoms with Crippen LogP contribution in [0.5, 0.6) is 0 Å². The van der Waals surface area contributed by atoms with Crippen molar-refractivity contribution >= 4 is 5.91 Å². The molecule has 1 aromatic rings. The Bertz CT molecular complexity index is 666. The predicted molar refractivity (Wildman–Crippen MR) is 86.6 cm³/mol. The quantitative estimate of drug-likeness (QED) is 0.755. The first-order valence-electron chi connectivity index (χ1n) is 7.26. The Balaban J connectivity index is 2.17. The number of H-pyrrole nitrogens is 1. The highest BCUT2D eigenvalue weighted by atomic mass is 16.2. The first-order chi connectivity index (χ1) is 10.6. The van der Waals surface area contributed by atoms with Crippen molar-refractivity contribution in [1.82, 2.24) is 20.0 Å². The van der Waals surface area contributed by atoms with Crippen LogP contribution in [-0.2, 0) is 24.3 Å². The van der Waals surface area contributed by atoms with Crippen molar-refractivity contribution in [3.8, 4) is 0 Å². The second kappa shape index (κ2) is 7.09.